The van der Waals surface area contributed by atoms with Gasteiger partial charge in [-0.15, -0.1) is 11.3 Å². The molecule has 1 aliphatic rings. The van der Waals surface area contributed by atoms with Crippen LogP contribution in [0.1, 0.15) is 86.7 Å². The largest absolute Gasteiger partial charge is 0.494 e. The molecule has 1 N–H and O–H groups in total. The molecule has 1 unspecified atom stereocenters. The minimum Gasteiger partial charge on any atom is -0.494 e. The number of thiophene rings is 1. The molecule has 2 aromatic rings. The molecule has 0 saturated heterocycles. The average molecular weight is 472 g/mol. The van der Waals surface area contributed by atoms with Crippen LogP contribution >= 0.6 is 11.3 Å². The fourth-order valence-electron chi connectivity index (χ4n) is 4.08. The van der Waals surface area contributed by atoms with Crippen molar-refractivity contribution >= 4 is 28.2 Å². The van der Waals surface area contributed by atoms with Crippen molar-refractivity contribution in [3.8, 4) is 5.75 Å². The van der Waals surface area contributed by atoms with Crippen LogP contribution in [0, 0.1) is 5.92 Å². The average Bonchev–Trinajstić information content (AvgIpc) is 3.14. The van der Waals surface area contributed by atoms with Gasteiger partial charge >= 0.3 is 5.97 Å². The van der Waals surface area contributed by atoms with Crippen molar-refractivity contribution in [2.75, 3.05) is 18.5 Å². The van der Waals surface area contributed by atoms with Gasteiger partial charge in [-0.25, -0.2) is 4.79 Å². The number of benzene rings is 1. The first-order valence-corrected chi connectivity index (χ1v) is 12.9. The fourth-order valence-corrected chi connectivity index (χ4v) is 5.49. The van der Waals surface area contributed by atoms with Crippen molar-refractivity contribution in [1.82, 2.24) is 0 Å². The molecule has 6 heteroatoms. The molecule has 180 valence electrons. The van der Waals surface area contributed by atoms with Gasteiger partial charge in [0, 0.05) is 11.3 Å². The summed E-state index contributed by atoms with van der Waals surface area (Å²) in [6.45, 7) is 11.5. The molecule has 1 aliphatic carbocycles. The lowest BCUT2D eigenvalue weighted by molar-refractivity contribution is -0.116. The van der Waals surface area contributed by atoms with Crippen LogP contribution in [-0.4, -0.2) is 25.1 Å². The zero-order valence-electron chi connectivity index (χ0n) is 20.6. The number of carbonyl (C=O) groups excluding carboxylic acids is 2. The zero-order chi connectivity index (χ0) is 24.0. The zero-order valence-corrected chi connectivity index (χ0v) is 21.4. The molecule has 0 fully saturated rings. The molecular weight excluding hydrogens is 434 g/mol. The predicted molar refractivity (Wildman–Crippen MR) is 135 cm³/mol. The fraction of sp³-hybridized carbons (Fsp3) is 0.556. The van der Waals surface area contributed by atoms with Gasteiger partial charge < -0.3 is 14.8 Å². The molecule has 1 amide bonds. The van der Waals surface area contributed by atoms with Gasteiger partial charge in [0.15, 0.2) is 0 Å². The van der Waals surface area contributed by atoms with E-state index >= 15 is 0 Å². The third kappa shape index (κ3) is 6.38. The highest BCUT2D eigenvalue weighted by Gasteiger charge is 2.29. The minimum absolute atomic E-state index is 0.101. The van der Waals surface area contributed by atoms with Crippen molar-refractivity contribution < 1.29 is 19.1 Å². The Morgan fingerprint density at radius 1 is 1.18 bits per heavy atom. The summed E-state index contributed by atoms with van der Waals surface area (Å²) in [6.07, 6.45) is 4.88. The van der Waals surface area contributed by atoms with Crippen LogP contribution in [0.5, 0.6) is 5.75 Å². The van der Waals surface area contributed by atoms with Crippen LogP contribution in [0.25, 0.3) is 0 Å². The second-order valence-electron chi connectivity index (χ2n) is 9.54. The quantitative estimate of drug-likeness (QED) is 0.316. The van der Waals surface area contributed by atoms with Crippen molar-refractivity contribution in [1.29, 1.82) is 0 Å². The molecule has 1 aromatic heterocycles. The summed E-state index contributed by atoms with van der Waals surface area (Å²) in [7, 11) is 0. The number of fused-ring (bicyclic) bond motifs is 1. The Labute approximate surface area is 201 Å². The Hall–Kier alpha value is -2.34. The Morgan fingerprint density at radius 3 is 2.58 bits per heavy atom. The third-order valence-electron chi connectivity index (χ3n) is 6.58. The molecule has 0 aliphatic heterocycles. The van der Waals surface area contributed by atoms with Crippen molar-refractivity contribution in [3.05, 3.63) is 45.8 Å². The molecule has 0 spiro atoms. The number of rotatable bonds is 10. The molecule has 0 saturated carbocycles. The third-order valence-corrected chi connectivity index (χ3v) is 7.75. The summed E-state index contributed by atoms with van der Waals surface area (Å²) in [4.78, 5) is 26.4. The van der Waals surface area contributed by atoms with Gasteiger partial charge in [-0.3, -0.25) is 4.79 Å². The Balaban J connectivity index is 1.54. The maximum Gasteiger partial charge on any atom is 0.341 e. The van der Waals surface area contributed by atoms with Crippen LogP contribution in [0.2, 0.25) is 0 Å². The van der Waals surface area contributed by atoms with E-state index in [9.17, 15) is 9.59 Å². The van der Waals surface area contributed by atoms with Crippen molar-refractivity contribution in [3.63, 3.8) is 0 Å². The molecule has 1 heterocycles. The maximum atomic E-state index is 12.6. The number of hydrogen-bond donors (Lipinski definition) is 1. The Kier molecular flexibility index (Phi) is 8.57. The highest BCUT2D eigenvalue weighted by atomic mass is 32.1. The molecule has 1 atom stereocenters. The normalized spacial score (nSPS) is 15.6. The van der Waals surface area contributed by atoms with Gasteiger partial charge in [0.1, 0.15) is 10.8 Å². The van der Waals surface area contributed by atoms with Gasteiger partial charge in [-0.1, -0.05) is 39.8 Å². The van der Waals surface area contributed by atoms with Crippen LogP contribution < -0.4 is 10.1 Å². The maximum absolute atomic E-state index is 12.6. The summed E-state index contributed by atoms with van der Waals surface area (Å²) in [6, 6.07) is 8.22. The van der Waals surface area contributed by atoms with E-state index in [0.29, 0.717) is 42.5 Å². The van der Waals surface area contributed by atoms with E-state index in [0.717, 1.165) is 37.0 Å². The number of ether oxygens (including phenoxy) is 2. The predicted octanol–water partition coefficient (Wildman–Crippen LogP) is 6.53. The summed E-state index contributed by atoms with van der Waals surface area (Å²) < 4.78 is 11.1. The monoisotopic (exact) mass is 471 g/mol. The second-order valence-corrected chi connectivity index (χ2v) is 10.6. The van der Waals surface area contributed by atoms with Crippen LogP contribution in [-0.2, 0) is 27.8 Å². The SMILES string of the molecule is CCOC(=O)c1c(NC(=O)CCCOc2ccc(C(C)(C)CC)cc2)sc2c1CCC(C)C2. The van der Waals surface area contributed by atoms with Crippen molar-refractivity contribution in [2.24, 2.45) is 5.92 Å². The van der Waals surface area contributed by atoms with E-state index in [-0.39, 0.29) is 17.3 Å². The summed E-state index contributed by atoms with van der Waals surface area (Å²) in [5.74, 6) is 0.971. The van der Waals surface area contributed by atoms with E-state index in [1.54, 1.807) is 6.92 Å². The van der Waals surface area contributed by atoms with Gasteiger partial charge in [0.2, 0.25) is 5.91 Å². The van der Waals surface area contributed by atoms with Crippen LogP contribution in [0.4, 0.5) is 5.00 Å². The molecule has 33 heavy (non-hydrogen) atoms. The first-order valence-electron chi connectivity index (χ1n) is 12.1. The first-order chi connectivity index (χ1) is 15.7. The van der Waals surface area contributed by atoms with E-state index in [1.165, 1.54) is 21.8 Å². The Bertz CT molecular complexity index is 961. The number of carbonyl (C=O) groups is 2. The topological polar surface area (TPSA) is 64.6 Å². The van der Waals surface area contributed by atoms with Crippen LogP contribution in [0.3, 0.4) is 0 Å². The van der Waals surface area contributed by atoms with Gasteiger partial charge in [-0.05, 0) is 73.6 Å². The molecule has 0 radical (unpaired) electrons. The molecule has 1 aromatic carbocycles. The first kappa shape index (κ1) is 25.3. The minimum atomic E-state index is -0.335. The Morgan fingerprint density at radius 2 is 1.91 bits per heavy atom. The molecular formula is C27H37NO4S. The van der Waals surface area contributed by atoms with Gasteiger partial charge in [0.25, 0.3) is 0 Å². The second kappa shape index (κ2) is 11.2. The van der Waals surface area contributed by atoms with E-state index in [4.69, 9.17) is 9.47 Å². The van der Waals surface area contributed by atoms with Gasteiger partial charge in [0.05, 0.1) is 18.8 Å². The molecule has 3 rings (SSSR count). The summed E-state index contributed by atoms with van der Waals surface area (Å²) >= 11 is 1.53. The number of esters is 1. The number of hydrogen-bond acceptors (Lipinski definition) is 5. The lowest BCUT2D eigenvalue weighted by Crippen LogP contribution is -2.17. The summed E-state index contributed by atoms with van der Waals surface area (Å²) in [5.41, 5.74) is 3.06. The van der Waals surface area contributed by atoms with E-state index in [1.807, 2.05) is 12.1 Å². The molecule has 0 bridgehead atoms. The number of amides is 1. The smallest absolute Gasteiger partial charge is 0.341 e. The van der Waals surface area contributed by atoms with E-state index in [2.05, 4.69) is 45.1 Å². The standard InChI is InChI=1S/C27H37NO4S/c1-6-27(4,5)19-11-13-20(14-12-19)32-16-8-9-23(29)28-25-24(26(30)31-7-2)21-15-10-18(3)17-22(21)33-25/h11-14,18H,6-10,15-17H2,1-5H3,(H,28,29). The number of anilines is 1. The number of nitrogens with one attached hydrogen (secondary N) is 1. The highest BCUT2D eigenvalue weighted by Crippen LogP contribution is 2.40. The highest BCUT2D eigenvalue weighted by molar-refractivity contribution is 7.17. The lowest BCUT2D eigenvalue weighted by Gasteiger charge is -2.23. The lowest BCUT2D eigenvalue weighted by atomic mass is 9.82. The van der Waals surface area contributed by atoms with Gasteiger partial charge in [-0.2, -0.15) is 0 Å². The van der Waals surface area contributed by atoms with Crippen LogP contribution in [0.15, 0.2) is 24.3 Å². The summed E-state index contributed by atoms with van der Waals surface area (Å²) in [5, 5.41) is 3.61. The van der Waals surface area contributed by atoms with Crippen molar-refractivity contribution in [2.45, 2.75) is 78.6 Å². The van der Waals surface area contributed by atoms with E-state index < -0.39 is 0 Å². The molecule has 5 nitrogen and oxygen atoms in total.